The van der Waals surface area contributed by atoms with Crippen LogP contribution in [-0.4, -0.2) is 29.1 Å². The minimum absolute atomic E-state index is 0.00948. The number of nitrogens with zero attached hydrogens (tertiary/aromatic N) is 2. The first-order valence-corrected chi connectivity index (χ1v) is 10.9. The maximum atomic E-state index is 12.3. The number of Topliss-reactive ketones (excluding diaryl/α,β-unsaturated/α-hetero) is 2. The van der Waals surface area contributed by atoms with Crippen molar-refractivity contribution in [2.45, 2.75) is 58.3 Å². The first kappa shape index (κ1) is 23.4. The van der Waals surface area contributed by atoms with Crippen molar-refractivity contribution in [3.63, 3.8) is 0 Å². The molecule has 158 valence electrons. The maximum absolute atomic E-state index is 12.3. The van der Waals surface area contributed by atoms with Gasteiger partial charge in [-0.3, -0.25) is 14.4 Å². The fraction of sp³-hybridized carbons (Fsp3) is 0.435. The third kappa shape index (κ3) is 7.20. The van der Waals surface area contributed by atoms with E-state index in [-0.39, 0.29) is 18.6 Å². The van der Waals surface area contributed by atoms with Crippen LogP contribution in [0.5, 0.6) is 0 Å². The topological polar surface area (TPSA) is 97.1 Å². The van der Waals surface area contributed by atoms with Crippen molar-refractivity contribution in [2.24, 2.45) is 0 Å². The SMILES string of the molecule is CCCCCc1ccc(C(=O)CCC(=O)OCC(=O)C(C#N)c2nc(C)cs2)cc1. The van der Waals surface area contributed by atoms with Crippen LogP contribution in [0, 0.1) is 18.3 Å². The highest BCUT2D eigenvalue weighted by Crippen LogP contribution is 2.21. The number of aryl methyl sites for hydroxylation is 2. The van der Waals surface area contributed by atoms with E-state index in [1.165, 1.54) is 29.7 Å². The first-order valence-electron chi connectivity index (χ1n) is 10.1. The van der Waals surface area contributed by atoms with E-state index in [4.69, 9.17) is 4.74 Å². The number of benzene rings is 1. The summed E-state index contributed by atoms with van der Waals surface area (Å²) in [6, 6.07) is 9.36. The van der Waals surface area contributed by atoms with Crippen molar-refractivity contribution in [1.82, 2.24) is 4.98 Å². The van der Waals surface area contributed by atoms with Gasteiger partial charge in [0.1, 0.15) is 5.01 Å². The third-order valence-corrected chi connectivity index (χ3v) is 5.64. The lowest BCUT2D eigenvalue weighted by molar-refractivity contribution is -0.148. The summed E-state index contributed by atoms with van der Waals surface area (Å²) in [6.07, 6.45) is 4.37. The Labute approximate surface area is 180 Å². The fourth-order valence-electron chi connectivity index (χ4n) is 2.87. The second-order valence-corrected chi connectivity index (χ2v) is 7.98. The van der Waals surface area contributed by atoms with Crippen molar-refractivity contribution in [3.05, 3.63) is 51.5 Å². The number of carbonyl (C=O) groups is 3. The molecule has 1 atom stereocenters. The highest BCUT2D eigenvalue weighted by Gasteiger charge is 2.24. The van der Waals surface area contributed by atoms with Gasteiger partial charge in [0, 0.05) is 23.1 Å². The van der Waals surface area contributed by atoms with E-state index >= 15 is 0 Å². The van der Waals surface area contributed by atoms with Gasteiger partial charge in [-0.15, -0.1) is 11.3 Å². The smallest absolute Gasteiger partial charge is 0.306 e. The fourth-order valence-corrected chi connectivity index (χ4v) is 3.73. The van der Waals surface area contributed by atoms with Crippen LogP contribution in [0.1, 0.15) is 71.6 Å². The molecule has 1 aromatic heterocycles. The summed E-state index contributed by atoms with van der Waals surface area (Å²) in [5, 5.41) is 11.4. The van der Waals surface area contributed by atoms with Gasteiger partial charge < -0.3 is 4.74 Å². The Hall–Kier alpha value is -2.85. The van der Waals surface area contributed by atoms with Gasteiger partial charge in [-0.05, 0) is 25.3 Å². The van der Waals surface area contributed by atoms with Gasteiger partial charge in [0.25, 0.3) is 0 Å². The molecule has 2 rings (SSSR count). The molecule has 2 aromatic rings. The molecule has 0 amide bonds. The zero-order chi connectivity index (χ0) is 21.9. The molecule has 0 radical (unpaired) electrons. The Bertz CT molecular complexity index is 912. The van der Waals surface area contributed by atoms with E-state index < -0.39 is 24.3 Å². The van der Waals surface area contributed by atoms with Gasteiger partial charge >= 0.3 is 5.97 Å². The van der Waals surface area contributed by atoms with Crippen molar-refractivity contribution < 1.29 is 19.1 Å². The van der Waals surface area contributed by atoms with E-state index in [0.29, 0.717) is 10.6 Å². The van der Waals surface area contributed by atoms with Gasteiger partial charge in [0.15, 0.2) is 24.1 Å². The summed E-state index contributed by atoms with van der Waals surface area (Å²) in [5.41, 5.74) is 2.48. The molecule has 30 heavy (non-hydrogen) atoms. The van der Waals surface area contributed by atoms with Crippen molar-refractivity contribution in [3.8, 4) is 6.07 Å². The standard InChI is InChI=1S/C23H26N2O4S/c1-3-4-5-6-17-7-9-18(10-8-17)20(26)11-12-22(28)29-14-21(27)19(13-24)23-25-16(2)15-30-23/h7-10,15,19H,3-6,11-12,14H2,1-2H3. The Balaban J connectivity index is 1.76. The molecule has 0 saturated carbocycles. The normalized spacial score (nSPS) is 11.5. The molecule has 1 heterocycles. The summed E-state index contributed by atoms with van der Waals surface area (Å²) in [5.74, 6) is -2.36. The lowest BCUT2D eigenvalue weighted by atomic mass is 10.0. The van der Waals surface area contributed by atoms with Gasteiger partial charge in [0.2, 0.25) is 0 Å². The van der Waals surface area contributed by atoms with Crippen molar-refractivity contribution in [2.75, 3.05) is 6.61 Å². The number of hydrogen-bond acceptors (Lipinski definition) is 7. The molecular formula is C23H26N2O4S. The molecule has 0 aliphatic rings. The molecular weight excluding hydrogens is 400 g/mol. The quantitative estimate of drug-likeness (QED) is 0.280. The summed E-state index contributed by atoms with van der Waals surface area (Å²) in [7, 11) is 0. The molecule has 0 aliphatic heterocycles. The molecule has 1 unspecified atom stereocenters. The average molecular weight is 427 g/mol. The largest absolute Gasteiger partial charge is 0.458 e. The van der Waals surface area contributed by atoms with Crippen LogP contribution >= 0.6 is 11.3 Å². The Morgan fingerprint density at radius 2 is 1.90 bits per heavy atom. The zero-order valence-electron chi connectivity index (χ0n) is 17.3. The first-order chi connectivity index (χ1) is 14.4. The summed E-state index contributed by atoms with van der Waals surface area (Å²) >= 11 is 1.22. The molecule has 0 aliphatic carbocycles. The van der Waals surface area contributed by atoms with E-state index in [0.717, 1.165) is 18.5 Å². The minimum atomic E-state index is -1.05. The summed E-state index contributed by atoms with van der Waals surface area (Å²) in [4.78, 5) is 40.5. The van der Waals surface area contributed by atoms with Crippen LogP contribution in [0.3, 0.4) is 0 Å². The molecule has 0 fully saturated rings. The molecule has 0 N–H and O–H groups in total. The number of hydrogen-bond donors (Lipinski definition) is 0. The number of rotatable bonds is 12. The molecule has 0 saturated heterocycles. The number of carbonyl (C=O) groups excluding carboxylic acids is 3. The van der Waals surface area contributed by atoms with Gasteiger partial charge in [-0.1, -0.05) is 44.0 Å². The molecule has 0 bridgehead atoms. The van der Waals surface area contributed by atoms with Gasteiger partial charge in [0.05, 0.1) is 12.5 Å². The monoisotopic (exact) mass is 426 g/mol. The van der Waals surface area contributed by atoms with Crippen molar-refractivity contribution >= 4 is 28.9 Å². The number of nitriles is 1. The second kappa shape index (κ2) is 12.0. The van der Waals surface area contributed by atoms with Gasteiger partial charge in [-0.25, -0.2) is 4.98 Å². The number of aromatic nitrogens is 1. The number of ether oxygens (including phenoxy) is 1. The van der Waals surface area contributed by atoms with Crippen LogP contribution in [0.2, 0.25) is 0 Å². The maximum Gasteiger partial charge on any atom is 0.306 e. The summed E-state index contributed by atoms with van der Waals surface area (Å²) in [6.45, 7) is 3.43. The van der Waals surface area contributed by atoms with Crippen LogP contribution < -0.4 is 0 Å². The lowest BCUT2D eigenvalue weighted by Gasteiger charge is -2.07. The van der Waals surface area contributed by atoms with Crippen LogP contribution in [0.15, 0.2) is 29.6 Å². The van der Waals surface area contributed by atoms with Crippen molar-refractivity contribution in [1.29, 1.82) is 5.26 Å². The number of unbranched alkanes of at least 4 members (excludes halogenated alkanes) is 2. The minimum Gasteiger partial charge on any atom is -0.458 e. The van der Waals surface area contributed by atoms with E-state index in [2.05, 4.69) is 11.9 Å². The Morgan fingerprint density at radius 1 is 1.17 bits per heavy atom. The number of thiazole rings is 1. The van der Waals surface area contributed by atoms with Crippen LogP contribution in [0.25, 0.3) is 0 Å². The molecule has 6 nitrogen and oxygen atoms in total. The van der Waals surface area contributed by atoms with E-state index in [1.807, 2.05) is 18.2 Å². The van der Waals surface area contributed by atoms with E-state index in [9.17, 15) is 19.6 Å². The predicted molar refractivity (Wildman–Crippen MR) is 114 cm³/mol. The highest BCUT2D eigenvalue weighted by molar-refractivity contribution is 7.09. The molecule has 7 heteroatoms. The number of ketones is 2. The highest BCUT2D eigenvalue weighted by atomic mass is 32.1. The average Bonchev–Trinajstić information content (AvgIpc) is 3.17. The van der Waals surface area contributed by atoms with Gasteiger partial charge in [-0.2, -0.15) is 5.26 Å². The second-order valence-electron chi connectivity index (χ2n) is 7.09. The number of esters is 1. The van der Waals surface area contributed by atoms with E-state index in [1.54, 1.807) is 24.4 Å². The van der Waals surface area contributed by atoms with Crippen LogP contribution in [0.4, 0.5) is 0 Å². The predicted octanol–water partition coefficient (Wildman–Crippen LogP) is 4.57. The summed E-state index contributed by atoms with van der Waals surface area (Å²) < 4.78 is 4.96. The third-order valence-electron chi connectivity index (χ3n) is 4.61. The van der Waals surface area contributed by atoms with Crippen LogP contribution in [-0.2, 0) is 20.7 Å². The lowest BCUT2D eigenvalue weighted by Crippen LogP contribution is -2.20. The molecule has 0 spiro atoms. The Kier molecular flexibility index (Phi) is 9.36. The Morgan fingerprint density at radius 3 is 2.50 bits per heavy atom. The molecule has 1 aromatic carbocycles. The zero-order valence-corrected chi connectivity index (χ0v) is 18.2.